The molecule has 1 atom stereocenters. The lowest BCUT2D eigenvalue weighted by Crippen LogP contribution is -2.14. The Morgan fingerprint density at radius 3 is 3.00 bits per heavy atom. The van der Waals surface area contributed by atoms with E-state index in [0.29, 0.717) is 17.7 Å². The van der Waals surface area contributed by atoms with Crippen LogP contribution < -0.4 is 5.73 Å². The second-order valence-electron chi connectivity index (χ2n) is 3.38. The van der Waals surface area contributed by atoms with Crippen LogP contribution in [0.5, 0.6) is 0 Å². The fraction of sp³-hybridized carbons (Fsp3) is 0.200. The van der Waals surface area contributed by atoms with Crippen LogP contribution in [0.4, 0.5) is 4.39 Å². The first-order chi connectivity index (χ1) is 7.66. The van der Waals surface area contributed by atoms with Crippen LogP contribution in [0.3, 0.4) is 0 Å². The summed E-state index contributed by atoms with van der Waals surface area (Å²) in [5.74, 6) is -0.248. The lowest BCUT2D eigenvalue weighted by molar-refractivity contribution is 0.590. The number of hydrogen-bond donors (Lipinski definition) is 1. The average Bonchev–Trinajstić information content (AvgIpc) is 2.76. The number of nitrogens with two attached hydrogens (primary N) is 1. The number of aromatic nitrogens is 2. The zero-order chi connectivity index (χ0) is 11.5. The third-order valence-electron chi connectivity index (χ3n) is 2.21. The van der Waals surface area contributed by atoms with E-state index in [1.165, 1.54) is 6.07 Å². The fourth-order valence-electron chi connectivity index (χ4n) is 1.38. The lowest BCUT2D eigenvalue weighted by Gasteiger charge is -2.09. The summed E-state index contributed by atoms with van der Waals surface area (Å²) in [5, 5.41) is 0. The summed E-state index contributed by atoms with van der Waals surface area (Å²) in [6.07, 6.45) is 2.03. The zero-order valence-electron chi connectivity index (χ0n) is 8.23. The van der Waals surface area contributed by atoms with Gasteiger partial charge in [0.1, 0.15) is 5.82 Å². The molecule has 1 unspecified atom stereocenters. The van der Waals surface area contributed by atoms with Crippen LogP contribution >= 0.6 is 27.7 Å². The van der Waals surface area contributed by atoms with Crippen molar-refractivity contribution >= 4 is 27.7 Å². The molecule has 16 heavy (non-hydrogen) atoms. The summed E-state index contributed by atoms with van der Waals surface area (Å²) in [6.45, 7) is 0. The monoisotopic (exact) mass is 301 g/mol. The molecule has 0 saturated heterocycles. The third-order valence-corrected chi connectivity index (χ3v) is 3.19. The molecule has 0 aliphatic heterocycles. The summed E-state index contributed by atoms with van der Waals surface area (Å²) in [7, 11) is 0. The highest BCUT2D eigenvalue weighted by Gasteiger charge is 2.12. The normalized spacial score (nSPS) is 12.7. The average molecular weight is 302 g/mol. The van der Waals surface area contributed by atoms with E-state index in [2.05, 4.69) is 24.7 Å². The Kier molecular flexibility index (Phi) is 3.63. The van der Waals surface area contributed by atoms with E-state index in [1.54, 1.807) is 18.3 Å². The van der Waals surface area contributed by atoms with Crippen LogP contribution in [-0.4, -0.2) is 8.75 Å². The van der Waals surface area contributed by atoms with Crippen LogP contribution in [0.1, 0.15) is 17.3 Å². The number of nitrogens with zero attached hydrogens (tertiary/aromatic N) is 2. The van der Waals surface area contributed by atoms with Crippen molar-refractivity contribution < 1.29 is 4.39 Å². The number of hydrogen-bond acceptors (Lipinski definition) is 4. The van der Waals surface area contributed by atoms with Crippen molar-refractivity contribution in [1.82, 2.24) is 8.75 Å². The second-order valence-corrected chi connectivity index (χ2v) is 4.85. The van der Waals surface area contributed by atoms with Gasteiger partial charge in [0.15, 0.2) is 0 Å². The molecular formula is C10H9BrFN3S. The van der Waals surface area contributed by atoms with Gasteiger partial charge in [-0.1, -0.05) is 15.9 Å². The molecule has 2 N–H and O–H groups in total. The highest BCUT2D eigenvalue weighted by Crippen LogP contribution is 2.20. The van der Waals surface area contributed by atoms with Gasteiger partial charge in [0, 0.05) is 4.47 Å². The van der Waals surface area contributed by atoms with Crippen LogP contribution in [-0.2, 0) is 6.42 Å². The van der Waals surface area contributed by atoms with Crippen molar-refractivity contribution in [2.75, 3.05) is 0 Å². The van der Waals surface area contributed by atoms with E-state index >= 15 is 0 Å². The highest BCUT2D eigenvalue weighted by molar-refractivity contribution is 9.10. The predicted octanol–water partition coefficient (Wildman–Crippen LogP) is 2.68. The Morgan fingerprint density at radius 1 is 1.50 bits per heavy atom. The molecule has 6 heteroatoms. The van der Waals surface area contributed by atoms with Gasteiger partial charge in [-0.3, -0.25) is 0 Å². The molecule has 0 radical (unpaired) electrons. The van der Waals surface area contributed by atoms with Gasteiger partial charge in [0.05, 0.1) is 29.7 Å². The molecule has 2 rings (SSSR count). The van der Waals surface area contributed by atoms with E-state index < -0.39 is 0 Å². The standard InChI is InChI=1S/C10H9BrFN3S/c11-7-1-2-8(12)6(3-7)4-9(13)10-5-14-16-15-10/h1-3,5,9H,4,13H2. The molecule has 0 spiro atoms. The highest BCUT2D eigenvalue weighted by atomic mass is 79.9. The number of rotatable bonds is 3. The molecule has 0 bridgehead atoms. The quantitative estimate of drug-likeness (QED) is 0.948. The van der Waals surface area contributed by atoms with Gasteiger partial charge in [-0.2, -0.15) is 8.75 Å². The first kappa shape index (κ1) is 11.6. The minimum absolute atomic E-state index is 0.248. The minimum atomic E-state index is -0.317. The Labute approximate surface area is 105 Å². The molecule has 0 aliphatic carbocycles. The van der Waals surface area contributed by atoms with Gasteiger partial charge in [-0.05, 0) is 30.2 Å². The molecule has 0 aliphatic rings. The third kappa shape index (κ3) is 2.63. The van der Waals surface area contributed by atoms with Crippen LogP contribution in [0, 0.1) is 5.82 Å². The molecule has 1 heterocycles. The summed E-state index contributed by atoms with van der Waals surface area (Å²) in [6, 6.07) is 4.50. The second kappa shape index (κ2) is 4.99. The molecule has 84 valence electrons. The van der Waals surface area contributed by atoms with Crippen molar-refractivity contribution in [1.29, 1.82) is 0 Å². The molecule has 2 aromatic rings. The van der Waals surface area contributed by atoms with Crippen molar-refractivity contribution in [2.24, 2.45) is 5.73 Å². The maximum absolute atomic E-state index is 13.5. The van der Waals surface area contributed by atoms with E-state index in [9.17, 15) is 4.39 Å². The number of halogens is 2. The van der Waals surface area contributed by atoms with E-state index in [0.717, 1.165) is 16.2 Å². The van der Waals surface area contributed by atoms with Gasteiger partial charge < -0.3 is 5.73 Å². The minimum Gasteiger partial charge on any atom is -0.322 e. The molecular weight excluding hydrogens is 293 g/mol. The smallest absolute Gasteiger partial charge is 0.126 e. The molecule has 1 aromatic carbocycles. The lowest BCUT2D eigenvalue weighted by atomic mass is 10.0. The molecule has 0 amide bonds. The van der Waals surface area contributed by atoms with Crippen molar-refractivity contribution in [3.05, 3.63) is 45.9 Å². The SMILES string of the molecule is NC(Cc1cc(Br)ccc1F)c1cnsn1. The molecule has 3 nitrogen and oxygen atoms in total. The maximum atomic E-state index is 13.5. The number of benzene rings is 1. The Bertz CT molecular complexity index is 475. The first-order valence-electron chi connectivity index (χ1n) is 4.64. The first-order valence-corrected chi connectivity index (χ1v) is 6.16. The van der Waals surface area contributed by atoms with E-state index in [1.807, 2.05) is 0 Å². The van der Waals surface area contributed by atoms with Gasteiger partial charge in [0.25, 0.3) is 0 Å². The van der Waals surface area contributed by atoms with E-state index in [4.69, 9.17) is 5.73 Å². The molecule has 0 saturated carbocycles. The summed E-state index contributed by atoms with van der Waals surface area (Å²) < 4.78 is 22.2. The maximum Gasteiger partial charge on any atom is 0.126 e. The van der Waals surface area contributed by atoms with Gasteiger partial charge >= 0.3 is 0 Å². The topological polar surface area (TPSA) is 51.8 Å². The predicted molar refractivity (Wildman–Crippen MR) is 64.6 cm³/mol. The molecule has 0 fully saturated rings. The Balaban J connectivity index is 2.17. The van der Waals surface area contributed by atoms with Crippen LogP contribution in [0.15, 0.2) is 28.9 Å². The zero-order valence-corrected chi connectivity index (χ0v) is 10.6. The Hall–Kier alpha value is -0.850. The van der Waals surface area contributed by atoms with E-state index in [-0.39, 0.29) is 11.9 Å². The van der Waals surface area contributed by atoms with Crippen molar-refractivity contribution in [3.8, 4) is 0 Å². The van der Waals surface area contributed by atoms with Crippen molar-refractivity contribution in [3.63, 3.8) is 0 Å². The largest absolute Gasteiger partial charge is 0.322 e. The molecule has 1 aromatic heterocycles. The Morgan fingerprint density at radius 2 is 2.31 bits per heavy atom. The van der Waals surface area contributed by atoms with Crippen molar-refractivity contribution in [2.45, 2.75) is 12.5 Å². The van der Waals surface area contributed by atoms with Crippen LogP contribution in [0.2, 0.25) is 0 Å². The summed E-state index contributed by atoms with van der Waals surface area (Å²) in [5.41, 5.74) is 7.19. The van der Waals surface area contributed by atoms with Crippen LogP contribution in [0.25, 0.3) is 0 Å². The summed E-state index contributed by atoms with van der Waals surface area (Å²) >= 11 is 4.40. The van der Waals surface area contributed by atoms with Gasteiger partial charge in [0.2, 0.25) is 0 Å². The fourth-order valence-corrected chi connectivity index (χ4v) is 2.26. The van der Waals surface area contributed by atoms with Gasteiger partial charge in [-0.25, -0.2) is 4.39 Å². The van der Waals surface area contributed by atoms with Gasteiger partial charge in [-0.15, -0.1) is 0 Å². The summed E-state index contributed by atoms with van der Waals surface area (Å²) in [4.78, 5) is 0.